The van der Waals surface area contributed by atoms with E-state index in [-0.39, 0.29) is 0 Å². The summed E-state index contributed by atoms with van der Waals surface area (Å²) < 4.78 is 1.69. The van der Waals surface area contributed by atoms with Crippen LogP contribution in [-0.2, 0) is 0 Å². The molecule has 0 bridgehead atoms. The van der Waals surface area contributed by atoms with Gasteiger partial charge in [-0.15, -0.1) is 0 Å². The Kier molecular flexibility index (Phi) is 1.53. The molecular weight excluding hydrogens is 212 g/mol. The first-order valence-corrected chi connectivity index (χ1v) is 5.39. The molecule has 0 saturated heterocycles. The summed E-state index contributed by atoms with van der Waals surface area (Å²) in [5, 5.41) is 7.46. The van der Waals surface area contributed by atoms with E-state index in [0.717, 1.165) is 21.9 Å². The van der Waals surface area contributed by atoms with E-state index in [1.165, 1.54) is 5.39 Å². The third-order valence-corrected chi connectivity index (χ3v) is 3.01. The quantitative estimate of drug-likeness (QED) is 0.427. The van der Waals surface area contributed by atoms with Crippen LogP contribution in [0, 0.1) is 0 Å². The number of aromatic nitrogens is 4. The fraction of sp³-hybridized carbons (Fsp3) is 0. The van der Waals surface area contributed by atoms with Crippen LogP contribution >= 0.6 is 0 Å². The molecule has 2 heterocycles. The smallest absolute Gasteiger partial charge is 0.166 e. The maximum atomic E-state index is 4.47. The highest BCUT2D eigenvalue weighted by atomic mass is 15.3. The number of benzene rings is 2. The second kappa shape index (κ2) is 3.01. The molecule has 0 spiro atoms. The van der Waals surface area contributed by atoms with Crippen molar-refractivity contribution >= 4 is 27.3 Å². The summed E-state index contributed by atoms with van der Waals surface area (Å²) in [6.07, 6.45) is 3.25. The van der Waals surface area contributed by atoms with E-state index in [9.17, 15) is 0 Å². The molecule has 2 aromatic carbocycles. The first-order valence-electron chi connectivity index (χ1n) is 5.39. The molecule has 17 heavy (non-hydrogen) atoms. The average molecular weight is 220 g/mol. The van der Waals surface area contributed by atoms with Crippen LogP contribution in [0.15, 0.2) is 49.1 Å². The van der Waals surface area contributed by atoms with Gasteiger partial charge >= 0.3 is 0 Å². The molecule has 0 saturated carbocycles. The Labute approximate surface area is 96.5 Å². The number of hydrogen-bond acceptors (Lipinski definition) is 3. The van der Waals surface area contributed by atoms with Crippen molar-refractivity contribution in [3.8, 4) is 0 Å². The van der Waals surface area contributed by atoms with Crippen molar-refractivity contribution in [2.75, 3.05) is 0 Å². The molecule has 0 aliphatic heterocycles. The van der Waals surface area contributed by atoms with Crippen LogP contribution in [0.25, 0.3) is 27.3 Å². The number of nitrogens with zero attached hydrogens (tertiary/aromatic N) is 4. The van der Waals surface area contributed by atoms with Crippen molar-refractivity contribution in [3.05, 3.63) is 49.1 Å². The van der Waals surface area contributed by atoms with Gasteiger partial charge in [0.25, 0.3) is 0 Å². The monoisotopic (exact) mass is 220 g/mol. The Morgan fingerprint density at radius 2 is 1.82 bits per heavy atom. The molecule has 0 unspecified atom stereocenters. The molecule has 0 fully saturated rings. The van der Waals surface area contributed by atoms with Gasteiger partial charge < -0.3 is 0 Å². The fourth-order valence-corrected chi connectivity index (χ4v) is 2.21. The Hall–Kier alpha value is -2.49. The highest BCUT2D eigenvalue weighted by Gasteiger charge is 2.06. The molecular formula is C13H8N4. The van der Waals surface area contributed by atoms with Crippen LogP contribution in [0.4, 0.5) is 0 Å². The van der Waals surface area contributed by atoms with Crippen molar-refractivity contribution in [1.82, 2.24) is 19.6 Å². The molecule has 0 N–H and O–H groups in total. The zero-order chi connectivity index (χ0) is 11.2. The van der Waals surface area contributed by atoms with Gasteiger partial charge in [-0.2, -0.15) is 5.10 Å². The maximum Gasteiger partial charge on any atom is 0.166 e. The van der Waals surface area contributed by atoms with Gasteiger partial charge in [-0.3, -0.25) is 0 Å². The van der Waals surface area contributed by atoms with Crippen molar-refractivity contribution in [1.29, 1.82) is 0 Å². The molecule has 0 aliphatic rings. The summed E-state index contributed by atoms with van der Waals surface area (Å²) in [6.45, 7) is 0. The average Bonchev–Trinajstić information content (AvgIpc) is 2.86. The Morgan fingerprint density at radius 3 is 2.82 bits per heavy atom. The van der Waals surface area contributed by atoms with E-state index in [1.54, 1.807) is 17.2 Å². The summed E-state index contributed by atoms with van der Waals surface area (Å²) in [6, 6.07) is 12.4. The summed E-state index contributed by atoms with van der Waals surface area (Å²) in [7, 11) is 0. The molecule has 0 atom stereocenters. The van der Waals surface area contributed by atoms with Crippen molar-refractivity contribution in [2.45, 2.75) is 0 Å². The van der Waals surface area contributed by atoms with Crippen molar-refractivity contribution in [2.24, 2.45) is 0 Å². The third-order valence-electron chi connectivity index (χ3n) is 3.01. The van der Waals surface area contributed by atoms with Gasteiger partial charge in [0.2, 0.25) is 0 Å². The van der Waals surface area contributed by atoms with E-state index in [1.807, 2.05) is 12.1 Å². The van der Waals surface area contributed by atoms with Gasteiger partial charge in [0.05, 0.1) is 5.52 Å². The third kappa shape index (κ3) is 1.09. The molecule has 4 nitrogen and oxygen atoms in total. The second-order valence-electron chi connectivity index (χ2n) is 3.96. The predicted octanol–water partition coefficient (Wildman–Crippen LogP) is 2.43. The minimum atomic E-state index is 0.848. The Morgan fingerprint density at radius 1 is 0.882 bits per heavy atom. The van der Waals surface area contributed by atoms with E-state index < -0.39 is 0 Å². The lowest BCUT2D eigenvalue weighted by atomic mass is 10.1. The number of hydrogen-bond donors (Lipinski definition) is 0. The zero-order valence-corrected chi connectivity index (χ0v) is 8.91. The van der Waals surface area contributed by atoms with Gasteiger partial charge in [0.1, 0.15) is 12.7 Å². The minimum absolute atomic E-state index is 0.848. The van der Waals surface area contributed by atoms with Gasteiger partial charge in [0.15, 0.2) is 5.65 Å². The first-order chi connectivity index (χ1) is 8.43. The van der Waals surface area contributed by atoms with Gasteiger partial charge in [-0.25, -0.2) is 14.5 Å². The van der Waals surface area contributed by atoms with Crippen LogP contribution in [0.3, 0.4) is 0 Å². The highest BCUT2D eigenvalue weighted by Crippen LogP contribution is 2.24. The van der Waals surface area contributed by atoms with Crippen molar-refractivity contribution in [3.63, 3.8) is 0 Å². The minimum Gasteiger partial charge on any atom is -0.235 e. The topological polar surface area (TPSA) is 43.1 Å². The lowest BCUT2D eigenvalue weighted by Gasteiger charge is -2.03. The molecule has 0 radical (unpaired) electrons. The Balaban J connectivity index is 2.34. The van der Waals surface area contributed by atoms with Crippen LogP contribution < -0.4 is 0 Å². The standard InChI is InChI=1S/C13H8N4/c1-2-4-10-9(3-1)5-6-11-12(10)15-8-17-13(11)14-7-16-17/h1-8H. The lowest BCUT2D eigenvalue weighted by Crippen LogP contribution is -1.91. The predicted molar refractivity (Wildman–Crippen MR) is 65.8 cm³/mol. The van der Waals surface area contributed by atoms with Crippen LogP contribution in [-0.4, -0.2) is 19.6 Å². The van der Waals surface area contributed by atoms with E-state index in [0.29, 0.717) is 0 Å². The molecule has 80 valence electrons. The highest BCUT2D eigenvalue weighted by molar-refractivity contribution is 6.08. The number of fused-ring (bicyclic) bond motifs is 5. The van der Waals surface area contributed by atoms with E-state index >= 15 is 0 Å². The molecule has 0 amide bonds. The first kappa shape index (κ1) is 8.64. The second-order valence-corrected chi connectivity index (χ2v) is 3.96. The van der Waals surface area contributed by atoms with Gasteiger partial charge in [-0.05, 0) is 11.5 Å². The molecule has 0 aliphatic carbocycles. The molecule has 2 aromatic heterocycles. The van der Waals surface area contributed by atoms with Gasteiger partial charge in [-0.1, -0.05) is 30.3 Å². The molecule has 4 rings (SSSR count). The van der Waals surface area contributed by atoms with Crippen LogP contribution in [0.1, 0.15) is 0 Å². The molecule has 4 heteroatoms. The summed E-state index contributed by atoms with van der Waals surface area (Å²) in [5.41, 5.74) is 1.82. The van der Waals surface area contributed by atoms with Crippen LogP contribution in [0.2, 0.25) is 0 Å². The summed E-state index contributed by atoms with van der Waals surface area (Å²) >= 11 is 0. The van der Waals surface area contributed by atoms with E-state index in [2.05, 4.69) is 39.3 Å². The maximum absolute atomic E-state index is 4.47. The Bertz CT molecular complexity index is 848. The largest absolute Gasteiger partial charge is 0.235 e. The SMILES string of the molecule is c1ccc2c(c1)ccc1c2ncn2ncnc12. The summed E-state index contributed by atoms with van der Waals surface area (Å²) in [4.78, 5) is 8.74. The van der Waals surface area contributed by atoms with E-state index in [4.69, 9.17) is 0 Å². The summed E-state index contributed by atoms with van der Waals surface area (Å²) in [5.74, 6) is 0. The normalized spacial score (nSPS) is 11.5. The van der Waals surface area contributed by atoms with Crippen LogP contribution in [0.5, 0.6) is 0 Å². The lowest BCUT2D eigenvalue weighted by molar-refractivity contribution is 0.935. The number of rotatable bonds is 0. The fourth-order valence-electron chi connectivity index (χ4n) is 2.21. The molecule has 4 aromatic rings. The van der Waals surface area contributed by atoms with Crippen molar-refractivity contribution < 1.29 is 0 Å². The van der Waals surface area contributed by atoms with Gasteiger partial charge in [0, 0.05) is 10.8 Å². The zero-order valence-electron chi connectivity index (χ0n) is 8.91.